The van der Waals surface area contributed by atoms with Gasteiger partial charge in [0.25, 0.3) is 0 Å². The van der Waals surface area contributed by atoms with Gasteiger partial charge in [-0.1, -0.05) is 19.3 Å². The van der Waals surface area contributed by atoms with Crippen LogP contribution in [-0.2, 0) is 19.1 Å². The summed E-state index contributed by atoms with van der Waals surface area (Å²) < 4.78 is 18.0. The summed E-state index contributed by atoms with van der Waals surface area (Å²) in [7, 11) is 1.31. The van der Waals surface area contributed by atoms with Gasteiger partial charge in [0, 0.05) is 12.2 Å². The molecule has 26 heavy (non-hydrogen) atoms. The van der Waals surface area contributed by atoms with Gasteiger partial charge >= 0.3 is 5.97 Å². The molecule has 7 heteroatoms. The first-order chi connectivity index (χ1) is 12.5. The maximum Gasteiger partial charge on any atom is 0.331 e. The largest absolute Gasteiger partial charge is 0.467 e. The molecule has 6 nitrogen and oxygen atoms in total. The number of hydrogen-bond acceptors (Lipinski definition) is 4. The van der Waals surface area contributed by atoms with Gasteiger partial charge in [0.2, 0.25) is 11.8 Å². The van der Waals surface area contributed by atoms with Crippen molar-refractivity contribution in [1.82, 2.24) is 5.32 Å². The molecule has 1 aliphatic carbocycles. The Morgan fingerprint density at radius 2 is 1.85 bits per heavy atom. The fourth-order valence-corrected chi connectivity index (χ4v) is 3.85. The van der Waals surface area contributed by atoms with Gasteiger partial charge in [-0.05, 0) is 43.5 Å². The predicted octanol–water partition coefficient (Wildman–Crippen LogP) is 2.17. The molecule has 0 unspecified atom stereocenters. The van der Waals surface area contributed by atoms with Crippen LogP contribution in [0.3, 0.4) is 0 Å². The van der Waals surface area contributed by atoms with E-state index in [0.29, 0.717) is 31.5 Å². The smallest absolute Gasteiger partial charge is 0.331 e. The minimum atomic E-state index is -1.03. The summed E-state index contributed by atoms with van der Waals surface area (Å²) in [5, 5.41) is 2.82. The summed E-state index contributed by atoms with van der Waals surface area (Å²) >= 11 is 0. The van der Waals surface area contributed by atoms with Crippen molar-refractivity contribution in [3.8, 4) is 0 Å². The van der Waals surface area contributed by atoms with Crippen molar-refractivity contribution in [3.05, 3.63) is 30.1 Å². The van der Waals surface area contributed by atoms with Gasteiger partial charge in [-0.2, -0.15) is 0 Å². The van der Waals surface area contributed by atoms with Gasteiger partial charge in [-0.3, -0.25) is 9.59 Å². The zero-order valence-corrected chi connectivity index (χ0v) is 14.8. The molecule has 0 bridgehead atoms. The number of ether oxygens (including phenoxy) is 1. The van der Waals surface area contributed by atoms with Gasteiger partial charge in [0.05, 0.1) is 7.11 Å². The van der Waals surface area contributed by atoms with E-state index in [1.807, 2.05) is 0 Å². The van der Waals surface area contributed by atoms with Crippen LogP contribution in [0.1, 0.15) is 38.5 Å². The van der Waals surface area contributed by atoms with E-state index in [2.05, 4.69) is 5.32 Å². The Bertz CT molecular complexity index is 698. The highest BCUT2D eigenvalue weighted by Crippen LogP contribution is 2.31. The molecule has 1 aromatic rings. The van der Waals surface area contributed by atoms with Gasteiger partial charge in [0.1, 0.15) is 17.3 Å². The van der Waals surface area contributed by atoms with E-state index in [-0.39, 0.29) is 11.7 Å². The lowest BCUT2D eigenvalue weighted by atomic mass is 9.81. The molecule has 1 saturated heterocycles. The first-order valence-electron chi connectivity index (χ1n) is 8.94. The first-order valence-corrected chi connectivity index (χ1v) is 8.94. The van der Waals surface area contributed by atoms with Crippen LogP contribution in [-0.4, -0.2) is 37.0 Å². The van der Waals surface area contributed by atoms with E-state index in [4.69, 9.17) is 4.74 Å². The summed E-state index contributed by atoms with van der Waals surface area (Å²) in [5.74, 6) is -2.45. The summed E-state index contributed by atoms with van der Waals surface area (Å²) in [5.41, 5.74) is -0.472. The molecule has 1 aromatic carbocycles. The Morgan fingerprint density at radius 1 is 1.19 bits per heavy atom. The van der Waals surface area contributed by atoms with Crippen molar-refractivity contribution in [2.24, 2.45) is 5.92 Å². The number of carbonyl (C=O) groups is 3. The highest BCUT2D eigenvalue weighted by molar-refractivity contribution is 6.10. The molecule has 0 radical (unpaired) electrons. The summed E-state index contributed by atoms with van der Waals surface area (Å²) in [6.07, 6.45) is 4.07. The monoisotopic (exact) mass is 362 g/mol. The predicted molar refractivity (Wildman–Crippen MR) is 92.8 cm³/mol. The van der Waals surface area contributed by atoms with Crippen LogP contribution < -0.4 is 10.2 Å². The second-order valence-corrected chi connectivity index (χ2v) is 6.93. The highest BCUT2D eigenvalue weighted by Gasteiger charge is 2.46. The molecule has 140 valence electrons. The molecular formula is C19H23FN2O4. The van der Waals surface area contributed by atoms with Crippen molar-refractivity contribution in [1.29, 1.82) is 0 Å². The van der Waals surface area contributed by atoms with E-state index in [9.17, 15) is 18.8 Å². The minimum absolute atomic E-state index is 0.329. The molecule has 2 aliphatic rings. The molecule has 2 fully saturated rings. The maximum absolute atomic E-state index is 13.1. The lowest BCUT2D eigenvalue weighted by Gasteiger charge is -2.35. The summed E-state index contributed by atoms with van der Waals surface area (Å²) in [4.78, 5) is 39.2. The van der Waals surface area contributed by atoms with E-state index >= 15 is 0 Å². The normalized spacial score (nSPS) is 22.2. The number of nitrogens with zero attached hydrogens (tertiary/aromatic N) is 1. The van der Waals surface area contributed by atoms with Crippen molar-refractivity contribution >= 4 is 23.5 Å². The van der Waals surface area contributed by atoms with Gasteiger partial charge in [-0.25, -0.2) is 9.18 Å². The van der Waals surface area contributed by atoms with Crippen LogP contribution in [0.5, 0.6) is 0 Å². The lowest BCUT2D eigenvalue weighted by molar-refractivity contribution is -0.153. The topological polar surface area (TPSA) is 75.7 Å². The van der Waals surface area contributed by atoms with Crippen LogP contribution in [0.4, 0.5) is 10.1 Å². The number of rotatable bonds is 4. The van der Waals surface area contributed by atoms with Crippen LogP contribution in [0.2, 0.25) is 0 Å². The number of esters is 1. The van der Waals surface area contributed by atoms with Gasteiger partial charge in [-0.15, -0.1) is 0 Å². The van der Waals surface area contributed by atoms with Crippen molar-refractivity contribution < 1.29 is 23.5 Å². The van der Waals surface area contributed by atoms with E-state index in [0.717, 1.165) is 19.3 Å². The molecule has 1 N–H and O–H groups in total. The number of methoxy groups -OCH3 is 1. The molecular weight excluding hydrogens is 339 g/mol. The number of benzene rings is 1. The third kappa shape index (κ3) is 3.43. The average molecular weight is 362 g/mol. The summed E-state index contributed by atoms with van der Waals surface area (Å²) in [6, 6.07) is 5.60. The number of hydrogen-bond donors (Lipinski definition) is 1. The fraction of sp³-hybridized carbons (Fsp3) is 0.526. The number of amides is 2. The van der Waals surface area contributed by atoms with E-state index in [1.54, 1.807) is 0 Å². The standard InChI is InChI=1S/C19H23FN2O4/c1-26-18(25)19(10-3-2-4-11-19)21-16(23)15-9-12-22(17(15)24)14-7-5-13(20)6-8-14/h5-8,15H,2-4,9-12H2,1H3,(H,21,23)/t15-/m0/s1. The van der Waals surface area contributed by atoms with E-state index < -0.39 is 23.3 Å². The number of anilines is 1. The number of halogens is 1. The quantitative estimate of drug-likeness (QED) is 0.658. The Hall–Kier alpha value is -2.44. The zero-order chi connectivity index (χ0) is 18.7. The van der Waals surface area contributed by atoms with Gasteiger partial charge in [0.15, 0.2) is 0 Å². The Morgan fingerprint density at radius 3 is 2.46 bits per heavy atom. The molecule has 0 aromatic heterocycles. The molecule has 0 spiro atoms. The molecule has 1 aliphatic heterocycles. The van der Waals surface area contributed by atoms with Crippen LogP contribution >= 0.6 is 0 Å². The van der Waals surface area contributed by atoms with Gasteiger partial charge < -0.3 is 15.0 Å². The zero-order valence-electron chi connectivity index (χ0n) is 14.8. The third-order valence-corrected chi connectivity index (χ3v) is 5.31. The van der Waals surface area contributed by atoms with Crippen molar-refractivity contribution in [3.63, 3.8) is 0 Å². The second kappa shape index (κ2) is 7.43. The van der Waals surface area contributed by atoms with Crippen molar-refractivity contribution in [2.45, 2.75) is 44.1 Å². The minimum Gasteiger partial charge on any atom is -0.467 e. The number of carbonyl (C=O) groups excluding carboxylic acids is 3. The van der Waals surface area contributed by atoms with Crippen LogP contribution in [0.15, 0.2) is 24.3 Å². The number of nitrogens with one attached hydrogen (secondary N) is 1. The summed E-state index contributed by atoms with van der Waals surface area (Å²) in [6.45, 7) is 0.383. The highest BCUT2D eigenvalue weighted by atomic mass is 19.1. The van der Waals surface area contributed by atoms with E-state index in [1.165, 1.54) is 36.3 Å². The second-order valence-electron chi connectivity index (χ2n) is 6.93. The molecule has 1 heterocycles. The van der Waals surface area contributed by atoms with Crippen molar-refractivity contribution in [2.75, 3.05) is 18.6 Å². The SMILES string of the molecule is COC(=O)C1(NC(=O)[C@@H]2CCN(c3ccc(F)cc3)C2=O)CCCCC1. The Kier molecular flexibility index (Phi) is 5.25. The third-order valence-electron chi connectivity index (χ3n) is 5.31. The molecule has 1 atom stereocenters. The molecule has 1 saturated carbocycles. The Balaban J connectivity index is 1.72. The Labute approximate surface area is 151 Å². The van der Waals surface area contributed by atoms with Crippen LogP contribution in [0, 0.1) is 11.7 Å². The van der Waals surface area contributed by atoms with Crippen LogP contribution in [0.25, 0.3) is 0 Å². The fourth-order valence-electron chi connectivity index (χ4n) is 3.85. The molecule has 3 rings (SSSR count). The lowest BCUT2D eigenvalue weighted by Crippen LogP contribution is -2.58. The average Bonchev–Trinajstić information content (AvgIpc) is 3.04. The maximum atomic E-state index is 13.1. The molecule has 2 amide bonds. The first kappa shape index (κ1) is 18.4.